The highest BCUT2D eigenvalue weighted by Crippen LogP contribution is 2.25. The smallest absolute Gasteiger partial charge is 0.252 e. The molecular formula is C16H23NO2. The van der Waals surface area contributed by atoms with E-state index in [4.69, 9.17) is 0 Å². The highest BCUT2D eigenvalue weighted by molar-refractivity contribution is 5.97. The number of amides is 1. The number of phenolic OH excluding ortho intramolecular Hbond substituents is 1. The summed E-state index contributed by atoms with van der Waals surface area (Å²) in [6.07, 6.45) is 4.73. The first kappa shape index (κ1) is 13.9. The molecule has 0 aromatic heterocycles. The first-order chi connectivity index (χ1) is 8.99. The largest absolute Gasteiger partial charge is 0.508 e. The molecule has 2 rings (SSSR count). The summed E-state index contributed by atoms with van der Waals surface area (Å²) in [6.45, 7) is 5.94. The maximum atomic E-state index is 12.4. The molecule has 3 nitrogen and oxygen atoms in total. The van der Waals surface area contributed by atoms with Gasteiger partial charge in [-0.25, -0.2) is 0 Å². The van der Waals surface area contributed by atoms with E-state index in [1.165, 1.54) is 19.3 Å². The number of hydrogen-bond acceptors (Lipinski definition) is 2. The van der Waals surface area contributed by atoms with Crippen molar-refractivity contribution < 1.29 is 9.90 Å². The highest BCUT2D eigenvalue weighted by Gasteiger charge is 2.24. The van der Waals surface area contributed by atoms with Crippen molar-refractivity contribution in [1.82, 2.24) is 5.32 Å². The number of nitrogens with one attached hydrogen (secondary N) is 1. The number of rotatable bonds is 2. The van der Waals surface area contributed by atoms with Crippen molar-refractivity contribution in [2.75, 3.05) is 0 Å². The predicted octanol–water partition coefficient (Wildman–Crippen LogP) is 3.32. The lowest BCUT2D eigenvalue weighted by molar-refractivity contribution is 0.0909. The Hall–Kier alpha value is -1.51. The first-order valence-electron chi connectivity index (χ1n) is 7.10. The van der Waals surface area contributed by atoms with Gasteiger partial charge in [-0.3, -0.25) is 4.79 Å². The van der Waals surface area contributed by atoms with Gasteiger partial charge >= 0.3 is 0 Å². The summed E-state index contributed by atoms with van der Waals surface area (Å²) < 4.78 is 0. The summed E-state index contributed by atoms with van der Waals surface area (Å²) in [7, 11) is 0. The van der Waals surface area contributed by atoms with Crippen LogP contribution in [0.1, 0.15) is 54.1 Å². The van der Waals surface area contributed by atoms with E-state index in [2.05, 4.69) is 12.2 Å². The number of aromatic hydroxyl groups is 1. The van der Waals surface area contributed by atoms with Crippen LogP contribution < -0.4 is 5.32 Å². The van der Waals surface area contributed by atoms with E-state index in [9.17, 15) is 9.90 Å². The van der Waals surface area contributed by atoms with Gasteiger partial charge in [-0.05, 0) is 55.9 Å². The van der Waals surface area contributed by atoms with E-state index in [0.29, 0.717) is 11.5 Å². The molecule has 19 heavy (non-hydrogen) atoms. The maximum Gasteiger partial charge on any atom is 0.252 e. The van der Waals surface area contributed by atoms with Crippen molar-refractivity contribution in [3.63, 3.8) is 0 Å². The van der Waals surface area contributed by atoms with Gasteiger partial charge in [-0.2, -0.15) is 0 Å². The van der Waals surface area contributed by atoms with Crippen molar-refractivity contribution in [2.24, 2.45) is 5.92 Å². The lowest BCUT2D eigenvalue weighted by Gasteiger charge is -2.30. The molecule has 1 aliphatic rings. The third-order valence-electron chi connectivity index (χ3n) is 4.17. The van der Waals surface area contributed by atoms with Crippen LogP contribution in [0, 0.1) is 19.8 Å². The Labute approximate surface area is 115 Å². The lowest BCUT2D eigenvalue weighted by atomic mass is 9.85. The van der Waals surface area contributed by atoms with Gasteiger partial charge < -0.3 is 10.4 Å². The second-order valence-corrected chi connectivity index (χ2v) is 5.80. The average molecular weight is 261 g/mol. The van der Waals surface area contributed by atoms with Crippen molar-refractivity contribution in [3.05, 3.63) is 28.8 Å². The zero-order chi connectivity index (χ0) is 14.0. The maximum absolute atomic E-state index is 12.4. The van der Waals surface area contributed by atoms with Gasteiger partial charge in [0.25, 0.3) is 5.91 Å². The minimum Gasteiger partial charge on any atom is -0.508 e. The van der Waals surface area contributed by atoms with Gasteiger partial charge in [0, 0.05) is 11.6 Å². The molecule has 2 atom stereocenters. The Morgan fingerprint density at radius 3 is 2.37 bits per heavy atom. The van der Waals surface area contributed by atoms with E-state index < -0.39 is 0 Å². The summed E-state index contributed by atoms with van der Waals surface area (Å²) in [4.78, 5) is 12.4. The first-order valence-corrected chi connectivity index (χ1v) is 7.10. The molecular weight excluding hydrogens is 238 g/mol. The Kier molecular flexibility index (Phi) is 4.13. The number of phenols is 1. The molecule has 3 heteroatoms. The van der Waals surface area contributed by atoms with Crippen LogP contribution in [0.25, 0.3) is 0 Å². The number of carbonyl (C=O) groups excluding carboxylic acids is 1. The summed E-state index contributed by atoms with van der Waals surface area (Å²) in [5.41, 5.74) is 2.37. The van der Waals surface area contributed by atoms with Crippen LogP contribution in [0.4, 0.5) is 0 Å². The van der Waals surface area contributed by atoms with E-state index in [1.54, 1.807) is 12.1 Å². The molecule has 0 saturated heterocycles. The minimum absolute atomic E-state index is 0.00579. The Bertz CT molecular complexity index is 459. The molecule has 2 unspecified atom stereocenters. The van der Waals surface area contributed by atoms with Gasteiger partial charge in [0.2, 0.25) is 0 Å². The molecule has 1 aromatic carbocycles. The quantitative estimate of drug-likeness (QED) is 0.858. The van der Waals surface area contributed by atoms with Gasteiger partial charge in [-0.15, -0.1) is 0 Å². The fourth-order valence-electron chi connectivity index (χ4n) is 3.07. The number of carbonyl (C=O) groups is 1. The predicted molar refractivity (Wildman–Crippen MR) is 76.5 cm³/mol. The molecule has 0 spiro atoms. The van der Waals surface area contributed by atoms with Crippen molar-refractivity contribution in [1.29, 1.82) is 0 Å². The van der Waals surface area contributed by atoms with Crippen LogP contribution in [0.15, 0.2) is 12.1 Å². The molecule has 0 radical (unpaired) electrons. The van der Waals surface area contributed by atoms with Crippen molar-refractivity contribution in [2.45, 2.75) is 52.5 Å². The van der Waals surface area contributed by atoms with E-state index in [-0.39, 0.29) is 17.7 Å². The molecule has 1 amide bonds. The highest BCUT2D eigenvalue weighted by atomic mass is 16.3. The summed E-state index contributed by atoms with van der Waals surface area (Å²) >= 11 is 0. The van der Waals surface area contributed by atoms with Crippen LogP contribution in [0.3, 0.4) is 0 Å². The molecule has 1 saturated carbocycles. The molecule has 1 aliphatic carbocycles. The fourth-order valence-corrected chi connectivity index (χ4v) is 3.07. The topological polar surface area (TPSA) is 49.3 Å². The summed E-state index contributed by atoms with van der Waals surface area (Å²) in [6, 6.07) is 3.58. The molecule has 2 N–H and O–H groups in total. The Balaban J connectivity index is 2.16. The van der Waals surface area contributed by atoms with Crippen LogP contribution in [-0.2, 0) is 0 Å². The Morgan fingerprint density at radius 2 is 1.79 bits per heavy atom. The molecule has 0 aliphatic heterocycles. The standard InChI is InChI=1S/C16H23NO2/c1-10-6-4-5-7-14(10)17-16(19)15-11(2)8-13(18)9-12(15)3/h8-10,14,18H,4-7H2,1-3H3,(H,17,19). The number of hydrogen-bond donors (Lipinski definition) is 2. The Morgan fingerprint density at radius 1 is 1.21 bits per heavy atom. The van der Waals surface area contributed by atoms with Gasteiger partial charge in [-0.1, -0.05) is 19.8 Å². The molecule has 104 valence electrons. The van der Waals surface area contributed by atoms with E-state index in [0.717, 1.165) is 17.5 Å². The third kappa shape index (κ3) is 3.09. The fraction of sp³-hybridized carbons (Fsp3) is 0.562. The van der Waals surface area contributed by atoms with Gasteiger partial charge in [0.1, 0.15) is 5.75 Å². The summed E-state index contributed by atoms with van der Waals surface area (Å²) in [5, 5.41) is 12.7. The van der Waals surface area contributed by atoms with Crippen LogP contribution in [-0.4, -0.2) is 17.1 Å². The van der Waals surface area contributed by atoms with E-state index in [1.807, 2.05) is 13.8 Å². The molecule has 0 bridgehead atoms. The normalized spacial score (nSPS) is 23.1. The van der Waals surface area contributed by atoms with Crippen LogP contribution >= 0.6 is 0 Å². The van der Waals surface area contributed by atoms with Gasteiger partial charge in [0.15, 0.2) is 0 Å². The SMILES string of the molecule is Cc1cc(O)cc(C)c1C(=O)NC1CCCCC1C. The van der Waals surface area contributed by atoms with Crippen LogP contribution in [0.2, 0.25) is 0 Å². The van der Waals surface area contributed by atoms with E-state index >= 15 is 0 Å². The minimum atomic E-state index is -0.00579. The van der Waals surface area contributed by atoms with Crippen molar-refractivity contribution >= 4 is 5.91 Å². The van der Waals surface area contributed by atoms with Crippen molar-refractivity contribution in [3.8, 4) is 5.75 Å². The van der Waals surface area contributed by atoms with Crippen LogP contribution in [0.5, 0.6) is 5.75 Å². The number of benzene rings is 1. The molecule has 1 aromatic rings. The summed E-state index contributed by atoms with van der Waals surface area (Å²) in [5.74, 6) is 0.766. The third-order valence-corrected chi connectivity index (χ3v) is 4.17. The zero-order valence-corrected chi connectivity index (χ0v) is 12.0. The number of aryl methyl sites for hydroxylation is 2. The monoisotopic (exact) mass is 261 g/mol. The molecule has 1 fully saturated rings. The molecule has 0 heterocycles. The zero-order valence-electron chi connectivity index (χ0n) is 12.0. The second kappa shape index (κ2) is 5.64. The van der Waals surface area contributed by atoms with Gasteiger partial charge in [0.05, 0.1) is 0 Å². The average Bonchev–Trinajstić information content (AvgIpc) is 2.30. The lowest BCUT2D eigenvalue weighted by Crippen LogP contribution is -2.41. The second-order valence-electron chi connectivity index (χ2n) is 5.80.